The SMILES string of the molecule is COc1ccc(Cl)cc1NC(=O)CN(C)CCC(=O)Nc1sc2c(c1C#N)CCCC2. The van der Waals surface area contributed by atoms with Gasteiger partial charge in [0, 0.05) is 22.9 Å². The first-order valence-corrected chi connectivity index (χ1v) is 11.3. The molecule has 0 radical (unpaired) electrons. The molecule has 9 heteroatoms. The van der Waals surface area contributed by atoms with Crippen molar-refractivity contribution in [3.05, 3.63) is 39.2 Å². The van der Waals surface area contributed by atoms with Crippen LogP contribution >= 0.6 is 22.9 Å². The first kappa shape index (κ1) is 23.1. The number of hydrogen-bond donors (Lipinski definition) is 2. The highest BCUT2D eigenvalue weighted by atomic mass is 35.5. The molecule has 2 N–H and O–H groups in total. The monoisotopic (exact) mass is 460 g/mol. The number of nitrogens with one attached hydrogen (secondary N) is 2. The number of ether oxygens (including phenoxy) is 1. The van der Waals surface area contributed by atoms with Crippen LogP contribution in [0.1, 0.15) is 35.3 Å². The zero-order valence-electron chi connectivity index (χ0n) is 17.6. The van der Waals surface area contributed by atoms with Gasteiger partial charge in [-0.05, 0) is 56.5 Å². The molecule has 0 bridgehead atoms. The molecule has 0 aliphatic heterocycles. The van der Waals surface area contributed by atoms with Gasteiger partial charge in [0.1, 0.15) is 16.8 Å². The van der Waals surface area contributed by atoms with E-state index in [1.54, 1.807) is 30.1 Å². The highest BCUT2D eigenvalue weighted by molar-refractivity contribution is 7.16. The Bertz CT molecular complexity index is 1010. The second-order valence-corrected chi connectivity index (χ2v) is 9.00. The van der Waals surface area contributed by atoms with Crippen LogP contribution in [0.2, 0.25) is 5.02 Å². The van der Waals surface area contributed by atoms with Gasteiger partial charge in [-0.3, -0.25) is 14.5 Å². The Labute approximate surface area is 190 Å². The molecule has 0 atom stereocenters. The Balaban J connectivity index is 1.50. The van der Waals surface area contributed by atoms with E-state index in [2.05, 4.69) is 16.7 Å². The van der Waals surface area contributed by atoms with Crippen LogP contribution in [0.15, 0.2) is 18.2 Å². The Kier molecular flexibility index (Phi) is 7.91. The summed E-state index contributed by atoms with van der Waals surface area (Å²) in [6, 6.07) is 7.24. The molecule has 1 heterocycles. The van der Waals surface area contributed by atoms with Crippen molar-refractivity contribution in [2.75, 3.05) is 37.9 Å². The third-order valence-corrected chi connectivity index (χ3v) is 6.55. The molecule has 0 spiro atoms. The minimum absolute atomic E-state index is 0.111. The molecule has 3 rings (SSSR count). The fourth-order valence-corrected chi connectivity index (χ4v) is 4.97. The van der Waals surface area contributed by atoms with E-state index in [9.17, 15) is 14.9 Å². The summed E-state index contributed by atoms with van der Waals surface area (Å²) in [5.74, 6) is 0.117. The van der Waals surface area contributed by atoms with Gasteiger partial charge in [-0.1, -0.05) is 11.6 Å². The number of rotatable bonds is 8. The van der Waals surface area contributed by atoms with E-state index in [0.717, 1.165) is 31.2 Å². The number of nitriles is 1. The molecule has 0 saturated heterocycles. The number of amides is 2. The number of benzene rings is 1. The average molecular weight is 461 g/mol. The van der Waals surface area contributed by atoms with Gasteiger partial charge >= 0.3 is 0 Å². The highest BCUT2D eigenvalue weighted by Crippen LogP contribution is 2.37. The Hall–Kier alpha value is -2.60. The number of anilines is 2. The van der Waals surface area contributed by atoms with Crippen molar-refractivity contribution in [1.29, 1.82) is 5.26 Å². The number of fused-ring (bicyclic) bond motifs is 1. The van der Waals surface area contributed by atoms with Gasteiger partial charge in [-0.2, -0.15) is 5.26 Å². The summed E-state index contributed by atoms with van der Waals surface area (Å²) in [4.78, 5) is 27.7. The van der Waals surface area contributed by atoms with Gasteiger partial charge in [-0.25, -0.2) is 0 Å². The van der Waals surface area contributed by atoms with E-state index in [1.165, 1.54) is 23.3 Å². The molecule has 1 aliphatic carbocycles. The number of halogens is 1. The standard InChI is InChI=1S/C22H25ClN4O3S/c1-27(13-21(29)25-17-11-14(23)7-8-18(17)30-2)10-9-20(28)26-22-16(12-24)15-5-3-4-6-19(15)31-22/h7-8,11H,3-6,9-10,13H2,1-2H3,(H,25,29)(H,26,28). The summed E-state index contributed by atoms with van der Waals surface area (Å²) in [5.41, 5.74) is 2.20. The predicted octanol–water partition coefficient (Wildman–Crippen LogP) is 4.06. The Morgan fingerprint density at radius 3 is 2.77 bits per heavy atom. The van der Waals surface area contributed by atoms with Crippen LogP contribution in [0, 0.1) is 11.3 Å². The molecule has 164 valence electrons. The molecule has 2 amide bonds. The van der Waals surface area contributed by atoms with Gasteiger partial charge in [0.25, 0.3) is 0 Å². The predicted molar refractivity (Wildman–Crippen MR) is 123 cm³/mol. The van der Waals surface area contributed by atoms with Crippen molar-refractivity contribution in [2.45, 2.75) is 32.1 Å². The van der Waals surface area contributed by atoms with Gasteiger partial charge < -0.3 is 15.4 Å². The molecule has 2 aromatic rings. The second-order valence-electron chi connectivity index (χ2n) is 7.46. The maximum atomic E-state index is 12.4. The minimum Gasteiger partial charge on any atom is -0.495 e. The smallest absolute Gasteiger partial charge is 0.238 e. The number of carbonyl (C=O) groups excluding carboxylic acids is 2. The first-order chi connectivity index (χ1) is 14.9. The third-order valence-electron chi connectivity index (χ3n) is 5.11. The normalized spacial score (nSPS) is 12.7. The number of nitrogens with zero attached hydrogens (tertiary/aromatic N) is 2. The van der Waals surface area contributed by atoms with Crippen LogP contribution in [-0.2, 0) is 22.4 Å². The fourth-order valence-electron chi connectivity index (χ4n) is 3.55. The van der Waals surface area contributed by atoms with Crippen molar-refractivity contribution < 1.29 is 14.3 Å². The second kappa shape index (κ2) is 10.6. The molecular formula is C22H25ClN4O3S. The van der Waals surface area contributed by atoms with Crippen molar-refractivity contribution in [2.24, 2.45) is 0 Å². The first-order valence-electron chi connectivity index (χ1n) is 10.1. The van der Waals surface area contributed by atoms with Gasteiger partial charge in [0.2, 0.25) is 11.8 Å². The molecule has 0 unspecified atom stereocenters. The van der Waals surface area contributed by atoms with Gasteiger partial charge in [0.15, 0.2) is 0 Å². The lowest BCUT2D eigenvalue weighted by Crippen LogP contribution is -2.32. The number of aryl methyl sites for hydroxylation is 1. The highest BCUT2D eigenvalue weighted by Gasteiger charge is 2.22. The quantitative estimate of drug-likeness (QED) is 0.619. The van der Waals surface area contributed by atoms with Gasteiger partial charge in [0.05, 0.1) is 24.9 Å². The molecule has 0 saturated carbocycles. The van der Waals surface area contributed by atoms with Crippen molar-refractivity contribution in [3.8, 4) is 11.8 Å². The van der Waals surface area contributed by atoms with E-state index in [0.29, 0.717) is 33.6 Å². The van der Waals surface area contributed by atoms with Crippen molar-refractivity contribution in [3.63, 3.8) is 0 Å². The lowest BCUT2D eigenvalue weighted by molar-refractivity contribution is -0.119. The number of likely N-dealkylation sites (N-methyl/N-ethyl adjacent to an activating group) is 1. The van der Waals surface area contributed by atoms with Crippen LogP contribution in [-0.4, -0.2) is 44.0 Å². The summed E-state index contributed by atoms with van der Waals surface area (Å²) in [6.07, 6.45) is 4.30. The molecule has 1 aromatic carbocycles. The van der Waals surface area contributed by atoms with Crippen LogP contribution in [0.4, 0.5) is 10.7 Å². The number of methoxy groups -OCH3 is 1. The fraction of sp³-hybridized carbons (Fsp3) is 0.409. The largest absolute Gasteiger partial charge is 0.495 e. The van der Waals surface area contributed by atoms with E-state index in [-0.39, 0.29) is 24.8 Å². The summed E-state index contributed by atoms with van der Waals surface area (Å²) in [6.45, 7) is 0.513. The van der Waals surface area contributed by atoms with E-state index < -0.39 is 0 Å². The van der Waals surface area contributed by atoms with Crippen molar-refractivity contribution >= 4 is 45.4 Å². The Morgan fingerprint density at radius 2 is 2.03 bits per heavy atom. The topological polar surface area (TPSA) is 94.5 Å². The number of thiophene rings is 1. The van der Waals surface area contributed by atoms with Crippen LogP contribution < -0.4 is 15.4 Å². The summed E-state index contributed by atoms with van der Waals surface area (Å²) < 4.78 is 5.23. The lowest BCUT2D eigenvalue weighted by atomic mass is 9.96. The number of hydrogen-bond acceptors (Lipinski definition) is 6. The van der Waals surface area contributed by atoms with E-state index in [1.807, 2.05) is 0 Å². The maximum absolute atomic E-state index is 12.4. The van der Waals surface area contributed by atoms with Crippen LogP contribution in [0.25, 0.3) is 0 Å². The lowest BCUT2D eigenvalue weighted by Gasteiger charge is -2.17. The maximum Gasteiger partial charge on any atom is 0.238 e. The summed E-state index contributed by atoms with van der Waals surface area (Å²) in [7, 11) is 3.29. The summed E-state index contributed by atoms with van der Waals surface area (Å²) in [5, 5.41) is 16.3. The molecule has 1 aliphatic rings. The summed E-state index contributed by atoms with van der Waals surface area (Å²) >= 11 is 7.50. The van der Waals surface area contributed by atoms with Crippen LogP contribution in [0.3, 0.4) is 0 Å². The van der Waals surface area contributed by atoms with Crippen LogP contribution in [0.5, 0.6) is 5.75 Å². The van der Waals surface area contributed by atoms with Crippen molar-refractivity contribution in [1.82, 2.24) is 4.90 Å². The molecule has 31 heavy (non-hydrogen) atoms. The molecular weight excluding hydrogens is 436 g/mol. The van der Waals surface area contributed by atoms with E-state index in [4.69, 9.17) is 16.3 Å². The molecule has 1 aromatic heterocycles. The van der Waals surface area contributed by atoms with Gasteiger partial charge in [-0.15, -0.1) is 11.3 Å². The molecule has 0 fully saturated rings. The third kappa shape index (κ3) is 5.97. The Morgan fingerprint density at radius 1 is 1.26 bits per heavy atom. The minimum atomic E-state index is -0.235. The number of carbonyl (C=O) groups is 2. The zero-order valence-corrected chi connectivity index (χ0v) is 19.2. The average Bonchev–Trinajstić information content (AvgIpc) is 3.09. The van der Waals surface area contributed by atoms with E-state index >= 15 is 0 Å². The molecule has 7 nitrogen and oxygen atoms in total. The zero-order chi connectivity index (χ0) is 22.4.